The van der Waals surface area contributed by atoms with Gasteiger partial charge in [-0.15, -0.1) is 0 Å². The SMILES string of the molecule is CC(C)[C@H]1COC(=O)N1C(=O)[C@@H](C)[C@H]1CC[C@H]([C@H]([Hg][Cl])[C@H](C)O[Si](c2ccccc2)(c2ccccc2)C(C)(C)C)O1. The van der Waals surface area contributed by atoms with Gasteiger partial charge in [0.2, 0.25) is 0 Å². The maximum absolute atomic E-state index is 13.5. The van der Waals surface area contributed by atoms with Gasteiger partial charge in [0.05, 0.1) is 0 Å². The van der Waals surface area contributed by atoms with Crippen LogP contribution in [0.15, 0.2) is 60.7 Å². The number of hydrogen-bond acceptors (Lipinski definition) is 5. The Bertz CT molecular complexity index is 1140. The summed E-state index contributed by atoms with van der Waals surface area (Å²) in [6, 6.07) is 21.1. The molecule has 0 spiro atoms. The first-order chi connectivity index (χ1) is 19.4. The van der Waals surface area contributed by atoms with Gasteiger partial charge >= 0.3 is 264 Å². The molecule has 0 saturated carbocycles. The second kappa shape index (κ2) is 13.6. The van der Waals surface area contributed by atoms with Crippen LogP contribution in [-0.2, 0) is 42.0 Å². The fourth-order valence-corrected chi connectivity index (χ4v) is 19.4. The number of nitrogens with zero attached hydrogens (tertiary/aromatic N) is 1. The van der Waals surface area contributed by atoms with Crippen LogP contribution in [0.2, 0.25) is 8.46 Å². The van der Waals surface area contributed by atoms with Gasteiger partial charge in [0.1, 0.15) is 0 Å². The van der Waals surface area contributed by atoms with Crippen LogP contribution in [0.4, 0.5) is 4.79 Å². The fourth-order valence-electron chi connectivity index (χ4n) is 6.52. The van der Waals surface area contributed by atoms with Gasteiger partial charge in [-0.3, -0.25) is 0 Å². The van der Waals surface area contributed by atoms with E-state index in [1.54, 1.807) is 0 Å². The summed E-state index contributed by atoms with van der Waals surface area (Å²) in [5.41, 5.74) is 0. The van der Waals surface area contributed by atoms with E-state index in [9.17, 15) is 9.59 Å². The molecule has 0 radical (unpaired) electrons. The van der Waals surface area contributed by atoms with Crippen LogP contribution < -0.4 is 10.4 Å². The summed E-state index contributed by atoms with van der Waals surface area (Å²) < 4.78 is 19.4. The molecular weight excluding hydrogens is 742 g/mol. The molecule has 2 aliphatic rings. The minimum atomic E-state index is -2.73. The van der Waals surface area contributed by atoms with E-state index in [1.807, 2.05) is 20.8 Å². The molecule has 2 fully saturated rings. The van der Waals surface area contributed by atoms with Crippen LogP contribution in [0, 0.1) is 11.8 Å². The average molecular weight is 787 g/mol. The average Bonchev–Trinajstić information content (AvgIpc) is 3.59. The number of hydrogen-bond donors (Lipinski definition) is 0. The predicted octanol–water partition coefficient (Wildman–Crippen LogP) is 6.16. The third-order valence-corrected chi connectivity index (χ3v) is 23.3. The number of imide groups is 1. The van der Waals surface area contributed by atoms with Gasteiger partial charge in [-0.25, -0.2) is 0 Å². The van der Waals surface area contributed by atoms with Crippen molar-refractivity contribution in [3.8, 4) is 0 Å². The molecule has 0 N–H and O–H groups in total. The summed E-state index contributed by atoms with van der Waals surface area (Å²) in [4.78, 5) is 27.2. The number of carbonyl (C=O) groups excluding carboxylic acids is 2. The topological polar surface area (TPSA) is 65.1 Å². The van der Waals surface area contributed by atoms with Gasteiger partial charge in [0.15, 0.2) is 0 Å². The van der Waals surface area contributed by atoms with Crippen molar-refractivity contribution >= 4 is 38.9 Å². The van der Waals surface area contributed by atoms with E-state index in [0.717, 1.165) is 12.8 Å². The van der Waals surface area contributed by atoms with E-state index in [1.165, 1.54) is 15.3 Å². The Balaban J connectivity index is 1.56. The molecule has 0 bridgehead atoms. The zero-order chi connectivity index (χ0) is 29.9. The van der Waals surface area contributed by atoms with Crippen LogP contribution in [0.5, 0.6) is 0 Å². The van der Waals surface area contributed by atoms with E-state index in [0.29, 0.717) is 0 Å². The van der Waals surface area contributed by atoms with Crippen molar-refractivity contribution in [1.82, 2.24) is 4.90 Å². The van der Waals surface area contributed by atoms with E-state index in [-0.39, 0.29) is 51.3 Å². The second-order valence-electron chi connectivity index (χ2n) is 13.0. The van der Waals surface area contributed by atoms with Crippen molar-refractivity contribution in [2.45, 2.75) is 94.1 Å². The molecule has 41 heavy (non-hydrogen) atoms. The van der Waals surface area contributed by atoms with Gasteiger partial charge in [-0.05, 0) is 0 Å². The standard InChI is InChI=1S/C32H44NO5Si.ClH.Hg/c1-22(2)28-21-36-31(35)33(28)30(34)24(4)29-19-18-25(37-29)20-23(3)38-39(32(5,6)7,26-14-10-8-11-15-26)27-16-12-9-13-17-27;;/h8-17,20,22-25,28-29H,18-19,21H2,1-7H3;1H;/q;;+1/p-1/t23-,24-,25+,28+,29+;;/m0../s1. The molecular formula is C32H44ClHgNO5Si. The molecule has 2 heterocycles. The van der Waals surface area contributed by atoms with Crippen molar-refractivity contribution in [2.24, 2.45) is 11.8 Å². The molecule has 2 saturated heterocycles. The monoisotopic (exact) mass is 787 g/mol. The van der Waals surface area contributed by atoms with Crippen LogP contribution >= 0.6 is 8.25 Å². The zero-order valence-corrected chi connectivity index (χ0v) is 32.8. The number of cyclic esters (lactones) is 1. The van der Waals surface area contributed by atoms with E-state index in [4.69, 9.17) is 22.1 Å². The molecule has 6 atom stereocenters. The maximum atomic E-state index is 13.5. The van der Waals surface area contributed by atoms with Crippen LogP contribution in [0.25, 0.3) is 0 Å². The molecule has 2 amide bonds. The summed E-state index contributed by atoms with van der Waals surface area (Å²) in [6.45, 7) is 15.2. The van der Waals surface area contributed by atoms with Gasteiger partial charge in [0, 0.05) is 0 Å². The third-order valence-electron chi connectivity index (χ3n) is 8.98. The Morgan fingerprint density at radius 3 is 2.00 bits per heavy atom. The Morgan fingerprint density at radius 2 is 1.51 bits per heavy atom. The molecule has 0 aromatic heterocycles. The summed E-state index contributed by atoms with van der Waals surface area (Å²) >= 11 is -1.92. The Kier molecular flexibility index (Phi) is 10.8. The molecule has 0 unspecified atom stereocenters. The second-order valence-corrected chi connectivity index (χ2v) is 24.8. The molecule has 220 valence electrons. The third kappa shape index (κ3) is 6.64. The molecule has 9 heteroatoms. The number of halogens is 1. The number of amides is 2. The fraction of sp³-hybridized carbons (Fsp3) is 0.562. The number of carbonyl (C=O) groups is 2. The van der Waals surface area contributed by atoms with Gasteiger partial charge in [0.25, 0.3) is 0 Å². The van der Waals surface area contributed by atoms with Crippen molar-refractivity contribution in [1.29, 1.82) is 0 Å². The summed E-state index contributed by atoms with van der Waals surface area (Å²) in [6.07, 6.45) is 0.667. The molecule has 2 aromatic carbocycles. The van der Waals surface area contributed by atoms with Crippen LogP contribution in [0.1, 0.15) is 61.3 Å². The number of benzene rings is 2. The van der Waals surface area contributed by atoms with Crippen molar-refractivity contribution in [2.75, 3.05) is 6.61 Å². The van der Waals surface area contributed by atoms with Crippen molar-refractivity contribution in [3.63, 3.8) is 0 Å². The Morgan fingerprint density at radius 1 is 0.976 bits per heavy atom. The summed E-state index contributed by atoms with van der Waals surface area (Å²) in [7, 11) is 4.15. The molecule has 2 aliphatic heterocycles. The first-order valence-corrected chi connectivity index (χ1v) is 26.8. The first kappa shape index (κ1) is 32.7. The van der Waals surface area contributed by atoms with Gasteiger partial charge < -0.3 is 0 Å². The normalized spacial score (nSPS) is 23.7. The van der Waals surface area contributed by atoms with E-state index >= 15 is 0 Å². The molecule has 4 rings (SSSR count). The number of rotatable bonds is 10. The van der Waals surface area contributed by atoms with Crippen molar-refractivity contribution < 1.29 is 46.8 Å². The zero-order valence-electron chi connectivity index (χ0n) is 25.5. The van der Waals surface area contributed by atoms with Gasteiger partial charge in [-0.2, -0.15) is 0 Å². The van der Waals surface area contributed by atoms with Gasteiger partial charge in [-0.1, -0.05) is 0 Å². The molecule has 6 nitrogen and oxygen atoms in total. The molecule has 2 aromatic rings. The first-order valence-electron chi connectivity index (χ1n) is 14.9. The Labute approximate surface area is 262 Å². The van der Waals surface area contributed by atoms with Crippen molar-refractivity contribution in [3.05, 3.63) is 60.7 Å². The van der Waals surface area contributed by atoms with E-state index in [2.05, 4.69) is 88.4 Å². The Hall–Kier alpha value is -1.26. The molecule has 0 aliphatic carbocycles. The minimum absolute atomic E-state index is 0.0472. The summed E-state index contributed by atoms with van der Waals surface area (Å²) in [5.74, 6) is -0.516. The van der Waals surface area contributed by atoms with Crippen LogP contribution in [-0.4, -0.2) is 56.2 Å². The summed E-state index contributed by atoms with van der Waals surface area (Å²) in [5, 5.41) is 2.36. The van der Waals surface area contributed by atoms with E-state index < -0.39 is 43.7 Å². The number of ether oxygens (including phenoxy) is 2. The van der Waals surface area contributed by atoms with Crippen LogP contribution in [0.3, 0.4) is 0 Å². The predicted molar refractivity (Wildman–Crippen MR) is 162 cm³/mol. The quantitative estimate of drug-likeness (QED) is 0.270.